The van der Waals surface area contributed by atoms with Crippen LogP contribution in [0.3, 0.4) is 0 Å². The number of allylic oxidation sites excluding steroid dienone is 1. The van der Waals surface area contributed by atoms with Crippen molar-refractivity contribution in [1.82, 2.24) is 14.8 Å². The Bertz CT molecular complexity index is 1100. The fraction of sp³-hybridized carbons (Fsp3) is 0.292. The number of unbranched alkanes of at least 4 members (excludes halogenated alkanes) is 1. The Morgan fingerprint density at radius 1 is 1.19 bits per heavy atom. The topological polar surface area (TPSA) is 81.1 Å². The fourth-order valence-corrected chi connectivity index (χ4v) is 3.64. The molecule has 1 atom stereocenters. The molecule has 1 amide bonds. The van der Waals surface area contributed by atoms with Crippen LogP contribution in [0.15, 0.2) is 66.1 Å². The molecule has 31 heavy (non-hydrogen) atoms. The van der Waals surface area contributed by atoms with Gasteiger partial charge in [-0.25, -0.2) is 4.68 Å². The van der Waals surface area contributed by atoms with Crippen LogP contribution in [-0.2, 0) is 4.79 Å². The van der Waals surface area contributed by atoms with Crippen LogP contribution in [-0.4, -0.2) is 27.3 Å². The van der Waals surface area contributed by atoms with E-state index in [1.165, 1.54) is 6.33 Å². The summed E-state index contributed by atoms with van der Waals surface area (Å²) in [7, 11) is 0. The molecule has 160 valence electrons. The predicted octanol–water partition coefficient (Wildman–Crippen LogP) is 4.69. The predicted molar refractivity (Wildman–Crippen MR) is 121 cm³/mol. The van der Waals surface area contributed by atoms with Crippen molar-refractivity contribution < 1.29 is 9.53 Å². The first kappa shape index (κ1) is 20.7. The summed E-state index contributed by atoms with van der Waals surface area (Å²) in [6, 6.07) is 15.2. The van der Waals surface area contributed by atoms with Gasteiger partial charge in [-0.15, -0.1) is 0 Å². The summed E-state index contributed by atoms with van der Waals surface area (Å²) in [4.78, 5) is 17.7. The van der Waals surface area contributed by atoms with Crippen LogP contribution in [0.5, 0.6) is 5.75 Å². The maximum absolute atomic E-state index is 13.4. The van der Waals surface area contributed by atoms with E-state index in [9.17, 15) is 4.79 Å². The molecule has 3 aromatic rings. The lowest BCUT2D eigenvalue weighted by Gasteiger charge is -2.29. The third-order valence-electron chi connectivity index (χ3n) is 5.29. The van der Waals surface area contributed by atoms with E-state index in [1.807, 2.05) is 62.4 Å². The van der Waals surface area contributed by atoms with Gasteiger partial charge in [0.05, 0.1) is 12.2 Å². The lowest BCUT2D eigenvalue weighted by Crippen LogP contribution is -2.31. The number of fused-ring (bicyclic) bond motifs is 1. The smallest absolute Gasteiger partial charge is 0.255 e. The summed E-state index contributed by atoms with van der Waals surface area (Å²) in [5, 5.41) is 10.6. The largest absolute Gasteiger partial charge is 0.494 e. The van der Waals surface area contributed by atoms with Gasteiger partial charge in [0.15, 0.2) is 0 Å². The van der Waals surface area contributed by atoms with Crippen molar-refractivity contribution in [1.29, 1.82) is 0 Å². The van der Waals surface area contributed by atoms with Crippen molar-refractivity contribution in [3.8, 4) is 5.75 Å². The second-order valence-corrected chi connectivity index (χ2v) is 7.69. The minimum absolute atomic E-state index is 0.183. The number of carbonyl (C=O) groups is 1. The number of rotatable bonds is 7. The van der Waals surface area contributed by atoms with Gasteiger partial charge in [0.25, 0.3) is 5.91 Å². The lowest BCUT2D eigenvalue weighted by atomic mass is 9.94. The van der Waals surface area contributed by atoms with Gasteiger partial charge in [-0.05, 0) is 50.1 Å². The van der Waals surface area contributed by atoms with Crippen molar-refractivity contribution in [3.05, 3.63) is 77.3 Å². The summed E-state index contributed by atoms with van der Waals surface area (Å²) in [6.45, 7) is 6.70. The van der Waals surface area contributed by atoms with E-state index in [0.29, 0.717) is 18.1 Å². The number of nitrogens with one attached hydrogen (secondary N) is 2. The van der Waals surface area contributed by atoms with Crippen LogP contribution in [0.4, 0.5) is 11.6 Å². The SMILES string of the molecule is CCCCOc1cccc(C2C(C(=O)Nc3ccc(C)cc3)=C(C)Nc3ncnn32)c1. The molecular formula is C24H27N5O2. The minimum atomic E-state index is -0.418. The number of anilines is 2. The minimum Gasteiger partial charge on any atom is -0.494 e. The van der Waals surface area contributed by atoms with Gasteiger partial charge in [0.2, 0.25) is 5.95 Å². The maximum atomic E-state index is 13.4. The molecule has 0 radical (unpaired) electrons. The number of ether oxygens (including phenoxy) is 1. The molecule has 1 aliphatic rings. The fourth-order valence-electron chi connectivity index (χ4n) is 3.64. The van der Waals surface area contributed by atoms with Gasteiger partial charge in [0.1, 0.15) is 18.1 Å². The normalized spacial score (nSPS) is 15.3. The molecule has 7 nitrogen and oxygen atoms in total. The molecule has 0 fully saturated rings. The van der Waals surface area contributed by atoms with Crippen LogP contribution in [0.25, 0.3) is 0 Å². The highest BCUT2D eigenvalue weighted by Gasteiger charge is 2.33. The molecule has 2 N–H and O–H groups in total. The van der Waals surface area contributed by atoms with E-state index in [0.717, 1.165) is 41.1 Å². The van der Waals surface area contributed by atoms with Gasteiger partial charge in [-0.2, -0.15) is 10.1 Å². The van der Waals surface area contributed by atoms with Gasteiger partial charge < -0.3 is 15.4 Å². The first-order valence-electron chi connectivity index (χ1n) is 10.5. The number of nitrogens with zero attached hydrogens (tertiary/aromatic N) is 3. The number of aryl methyl sites for hydroxylation is 1. The molecule has 2 aromatic carbocycles. The van der Waals surface area contributed by atoms with Crippen LogP contribution in [0.1, 0.15) is 43.9 Å². The Morgan fingerprint density at radius 2 is 2.00 bits per heavy atom. The van der Waals surface area contributed by atoms with Crippen molar-refractivity contribution >= 4 is 17.5 Å². The monoisotopic (exact) mass is 417 g/mol. The Morgan fingerprint density at radius 3 is 2.77 bits per heavy atom. The molecule has 2 heterocycles. The third kappa shape index (κ3) is 4.45. The summed E-state index contributed by atoms with van der Waals surface area (Å²) < 4.78 is 7.64. The van der Waals surface area contributed by atoms with Crippen molar-refractivity contribution in [2.45, 2.75) is 39.7 Å². The van der Waals surface area contributed by atoms with Crippen LogP contribution >= 0.6 is 0 Å². The zero-order chi connectivity index (χ0) is 21.8. The number of benzene rings is 2. The van der Waals surface area contributed by atoms with E-state index < -0.39 is 6.04 Å². The number of amides is 1. The summed E-state index contributed by atoms with van der Waals surface area (Å²) in [5.74, 6) is 1.20. The lowest BCUT2D eigenvalue weighted by molar-refractivity contribution is -0.113. The van der Waals surface area contributed by atoms with Crippen LogP contribution in [0, 0.1) is 6.92 Å². The van der Waals surface area contributed by atoms with E-state index in [1.54, 1.807) is 4.68 Å². The average Bonchev–Trinajstić information content (AvgIpc) is 3.22. The Kier molecular flexibility index (Phi) is 6.02. The molecule has 0 bridgehead atoms. The molecule has 4 rings (SSSR count). The van der Waals surface area contributed by atoms with Crippen molar-refractivity contribution in [2.75, 3.05) is 17.2 Å². The Labute approximate surface area is 182 Å². The number of aromatic nitrogens is 3. The summed E-state index contributed by atoms with van der Waals surface area (Å²) in [5.41, 5.74) is 4.13. The third-order valence-corrected chi connectivity index (χ3v) is 5.29. The summed E-state index contributed by atoms with van der Waals surface area (Å²) in [6.07, 6.45) is 3.56. The average molecular weight is 418 g/mol. The zero-order valence-corrected chi connectivity index (χ0v) is 18.1. The molecule has 0 spiro atoms. The zero-order valence-electron chi connectivity index (χ0n) is 18.1. The van der Waals surface area contributed by atoms with Crippen LogP contribution < -0.4 is 15.4 Å². The second kappa shape index (κ2) is 9.04. The Hall–Kier alpha value is -3.61. The highest BCUT2D eigenvalue weighted by atomic mass is 16.5. The standard InChI is InChI=1S/C24H27N5O2/c1-4-5-13-31-20-8-6-7-18(14-20)22-21(17(3)27-24-25-15-26-29(22)24)23(30)28-19-11-9-16(2)10-12-19/h6-12,14-15,22H,4-5,13H2,1-3H3,(H,28,30)(H,25,26,27). The maximum Gasteiger partial charge on any atom is 0.255 e. The summed E-state index contributed by atoms with van der Waals surface area (Å²) >= 11 is 0. The number of hydrogen-bond donors (Lipinski definition) is 2. The molecular weight excluding hydrogens is 390 g/mol. The molecule has 7 heteroatoms. The molecule has 0 saturated carbocycles. The highest BCUT2D eigenvalue weighted by Crippen LogP contribution is 2.36. The number of hydrogen-bond acceptors (Lipinski definition) is 5. The molecule has 1 unspecified atom stereocenters. The van der Waals surface area contributed by atoms with E-state index in [4.69, 9.17) is 4.74 Å². The highest BCUT2D eigenvalue weighted by molar-refractivity contribution is 6.06. The molecule has 1 aromatic heterocycles. The van der Waals surface area contributed by atoms with Gasteiger partial charge in [-0.1, -0.05) is 43.2 Å². The molecule has 1 aliphatic heterocycles. The first-order valence-corrected chi connectivity index (χ1v) is 10.5. The second-order valence-electron chi connectivity index (χ2n) is 7.69. The van der Waals surface area contributed by atoms with E-state index in [2.05, 4.69) is 27.6 Å². The Balaban J connectivity index is 1.69. The first-order chi connectivity index (χ1) is 15.1. The van der Waals surface area contributed by atoms with Gasteiger partial charge >= 0.3 is 0 Å². The van der Waals surface area contributed by atoms with E-state index in [-0.39, 0.29) is 5.91 Å². The van der Waals surface area contributed by atoms with Crippen molar-refractivity contribution in [2.24, 2.45) is 0 Å². The number of carbonyl (C=O) groups excluding carboxylic acids is 1. The van der Waals surface area contributed by atoms with Crippen LogP contribution in [0.2, 0.25) is 0 Å². The van der Waals surface area contributed by atoms with E-state index >= 15 is 0 Å². The van der Waals surface area contributed by atoms with Gasteiger partial charge in [-0.3, -0.25) is 4.79 Å². The molecule has 0 saturated heterocycles. The molecule has 0 aliphatic carbocycles. The quantitative estimate of drug-likeness (QED) is 0.545. The van der Waals surface area contributed by atoms with Crippen molar-refractivity contribution in [3.63, 3.8) is 0 Å². The van der Waals surface area contributed by atoms with Gasteiger partial charge in [0, 0.05) is 11.4 Å².